The zero-order chi connectivity index (χ0) is 22.5. The number of allylic oxidation sites excluding steroid dienone is 2. The molecule has 4 rings (SSSR count). The summed E-state index contributed by atoms with van der Waals surface area (Å²) in [6.07, 6.45) is 15.8. The van der Waals surface area contributed by atoms with Crippen molar-refractivity contribution in [3.8, 4) is 5.88 Å². The monoisotopic (exact) mass is 429 g/mol. The summed E-state index contributed by atoms with van der Waals surface area (Å²) in [5.74, 6) is 2.70. The summed E-state index contributed by atoms with van der Waals surface area (Å²) in [5.41, 5.74) is 3.21. The van der Waals surface area contributed by atoms with Crippen LogP contribution in [0.4, 0.5) is 0 Å². The van der Waals surface area contributed by atoms with Gasteiger partial charge in [-0.05, 0) is 66.7 Å². The fourth-order valence-corrected chi connectivity index (χ4v) is 5.27. The SMILES string of the molecule is CC1C=CCC(CC(C)C(=O)c2ccc(OC3C=Cc4ccccc4C3)nc2)CC(C)C1. The first-order valence-electron chi connectivity index (χ1n) is 12.1. The van der Waals surface area contributed by atoms with Crippen LogP contribution in [0.5, 0.6) is 5.88 Å². The maximum atomic E-state index is 13.0. The molecule has 1 heterocycles. The maximum Gasteiger partial charge on any atom is 0.213 e. The second-order valence-corrected chi connectivity index (χ2v) is 9.89. The number of aromatic nitrogens is 1. The van der Waals surface area contributed by atoms with Crippen LogP contribution in [0.2, 0.25) is 0 Å². The van der Waals surface area contributed by atoms with Crippen molar-refractivity contribution >= 4 is 11.9 Å². The van der Waals surface area contributed by atoms with Crippen molar-refractivity contribution in [1.82, 2.24) is 4.98 Å². The van der Waals surface area contributed by atoms with Gasteiger partial charge in [0.15, 0.2) is 5.78 Å². The first-order valence-corrected chi connectivity index (χ1v) is 12.1. The standard InChI is InChI=1S/C29H35NO2/c1-20-7-6-8-23(16-21(2)15-20)17-22(3)29(31)26-12-14-28(30-19-26)32-27-13-11-24-9-4-5-10-25(24)18-27/h4-7,9-14,19-23,27H,8,15-18H2,1-3H3. The van der Waals surface area contributed by atoms with E-state index in [0.29, 0.717) is 29.2 Å². The summed E-state index contributed by atoms with van der Waals surface area (Å²) in [5, 5.41) is 0. The molecule has 2 aliphatic rings. The van der Waals surface area contributed by atoms with Crippen molar-refractivity contribution in [1.29, 1.82) is 0 Å². The van der Waals surface area contributed by atoms with Gasteiger partial charge >= 0.3 is 0 Å². The van der Waals surface area contributed by atoms with E-state index in [-0.39, 0.29) is 17.8 Å². The molecule has 5 unspecified atom stereocenters. The minimum atomic E-state index is -0.0324. The molecule has 5 atom stereocenters. The number of ether oxygens (including phenoxy) is 1. The van der Waals surface area contributed by atoms with Gasteiger partial charge in [0.2, 0.25) is 5.88 Å². The Bertz CT molecular complexity index is 975. The summed E-state index contributed by atoms with van der Waals surface area (Å²) < 4.78 is 6.06. The molecule has 1 aromatic heterocycles. The molecule has 0 saturated carbocycles. The van der Waals surface area contributed by atoms with E-state index < -0.39 is 0 Å². The predicted octanol–water partition coefficient (Wildman–Crippen LogP) is 6.94. The fraction of sp³-hybridized carbons (Fsp3) is 0.448. The van der Waals surface area contributed by atoms with Crippen LogP contribution in [0.1, 0.15) is 67.9 Å². The second kappa shape index (κ2) is 10.3. The number of Topliss-reactive ketones (excluding diaryl/α,β-unsaturated/α-hetero) is 1. The van der Waals surface area contributed by atoms with E-state index in [4.69, 9.17) is 4.74 Å². The van der Waals surface area contributed by atoms with E-state index in [2.05, 4.69) is 74.3 Å². The van der Waals surface area contributed by atoms with Crippen LogP contribution in [0.3, 0.4) is 0 Å². The van der Waals surface area contributed by atoms with E-state index in [9.17, 15) is 4.79 Å². The summed E-state index contributed by atoms with van der Waals surface area (Å²) >= 11 is 0. The fourth-order valence-electron chi connectivity index (χ4n) is 5.27. The topological polar surface area (TPSA) is 39.2 Å². The Morgan fingerprint density at radius 2 is 1.97 bits per heavy atom. The third-order valence-corrected chi connectivity index (χ3v) is 6.84. The smallest absolute Gasteiger partial charge is 0.213 e. The van der Waals surface area contributed by atoms with Gasteiger partial charge in [-0.2, -0.15) is 0 Å². The number of carbonyl (C=O) groups excluding carboxylic acids is 1. The van der Waals surface area contributed by atoms with Crippen molar-refractivity contribution in [3.63, 3.8) is 0 Å². The van der Waals surface area contributed by atoms with Gasteiger partial charge in [-0.3, -0.25) is 4.79 Å². The second-order valence-electron chi connectivity index (χ2n) is 9.89. The number of nitrogens with zero attached hydrogens (tertiary/aromatic N) is 1. The van der Waals surface area contributed by atoms with Crippen molar-refractivity contribution in [2.45, 2.75) is 59.0 Å². The summed E-state index contributed by atoms with van der Waals surface area (Å²) in [7, 11) is 0. The van der Waals surface area contributed by atoms with Crippen LogP contribution in [0.25, 0.3) is 6.08 Å². The molecule has 0 radical (unpaired) electrons. The maximum absolute atomic E-state index is 13.0. The predicted molar refractivity (Wildman–Crippen MR) is 131 cm³/mol. The van der Waals surface area contributed by atoms with Crippen molar-refractivity contribution < 1.29 is 9.53 Å². The molecular weight excluding hydrogens is 394 g/mol. The molecule has 0 fully saturated rings. The lowest BCUT2D eigenvalue weighted by Gasteiger charge is -2.26. The molecule has 3 nitrogen and oxygen atoms in total. The van der Waals surface area contributed by atoms with Crippen LogP contribution < -0.4 is 4.74 Å². The Morgan fingerprint density at radius 1 is 1.12 bits per heavy atom. The average molecular weight is 430 g/mol. The zero-order valence-electron chi connectivity index (χ0n) is 19.5. The molecule has 0 bridgehead atoms. The minimum absolute atomic E-state index is 0.00352. The summed E-state index contributed by atoms with van der Waals surface area (Å²) in [4.78, 5) is 17.5. The molecule has 2 aliphatic carbocycles. The molecule has 0 N–H and O–H groups in total. The number of hydrogen-bond donors (Lipinski definition) is 0. The third-order valence-electron chi connectivity index (χ3n) is 6.84. The van der Waals surface area contributed by atoms with E-state index in [1.807, 2.05) is 12.1 Å². The van der Waals surface area contributed by atoms with E-state index in [0.717, 1.165) is 19.3 Å². The van der Waals surface area contributed by atoms with Gasteiger partial charge in [0.1, 0.15) is 6.10 Å². The molecular formula is C29H35NO2. The first-order chi connectivity index (χ1) is 15.5. The van der Waals surface area contributed by atoms with Crippen LogP contribution in [-0.4, -0.2) is 16.9 Å². The minimum Gasteiger partial charge on any atom is -0.470 e. The molecule has 32 heavy (non-hydrogen) atoms. The Kier molecular flexibility index (Phi) is 7.24. The van der Waals surface area contributed by atoms with Crippen molar-refractivity contribution in [3.05, 3.63) is 77.5 Å². The Balaban J connectivity index is 1.33. The largest absolute Gasteiger partial charge is 0.470 e. The van der Waals surface area contributed by atoms with Gasteiger partial charge in [0, 0.05) is 30.2 Å². The average Bonchev–Trinajstić information content (AvgIpc) is 2.77. The van der Waals surface area contributed by atoms with Gasteiger partial charge in [-0.25, -0.2) is 4.98 Å². The zero-order valence-corrected chi connectivity index (χ0v) is 19.5. The van der Waals surface area contributed by atoms with E-state index in [1.165, 1.54) is 24.0 Å². The van der Waals surface area contributed by atoms with Crippen LogP contribution in [0.15, 0.2) is 60.8 Å². The van der Waals surface area contributed by atoms with Gasteiger partial charge in [-0.1, -0.05) is 63.3 Å². The molecule has 0 spiro atoms. The number of ketones is 1. The van der Waals surface area contributed by atoms with Crippen molar-refractivity contribution in [2.75, 3.05) is 0 Å². The highest BCUT2D eigenvalue weighted by Crippen LogP contribution is 2.31. The lowest BCUT2D eigenvalue weighted by atomic mass is 9.79. The highest BCUT2D eigenvalue weighted by Gasteiger charge is 2.23. The first kappa shape index (κ1) is 22.5. The molecule has 1 aromatic carbocycles. The Hall–Kier alpha value is -2.68. The highest BCUT2D eigenvalue weighted by atomic mass is 16.5. The lowest BCUT2D eigenvalue weighted by molar-refractivity contribution is 0.0906. The van der Waals surface area contributed by atoms with Gasteiger partial charge < -0.3 is 4.74 Å². The van der Waals surface area contributed by atoms with E-state index in [1.54, 1.807) is 6.20 Å². The molecule has 0 saturated heterocycles. The number of fused-ring (bicyclic) bond motifs is 1. The normalized spacial score (nSPS) is 26.0. The summed E-state index contributed by atoms with van der Waals surface area (Å²) in [6.45, 7) is 6.70. The number of rotatable bonds is 6. The van der Waals surface area contributed by atoms with Gasteiger partial charge in [0.25, 0.3) is 0 Å². The number of hydrogen-bond acceptors (Lipinski definition) is 3. The molecule has 3 heteroatoms. The highest BCUT2D eigenvalue weighted by molar-refractivity contribution is 5.97. The Labute approximate surface area is 192 Å². The molecule has 168 valence electrons. The van der Waals surface area contributed by atoms with E-state index >= 15 is 0 Å². The van der Waals surface area contributed by atoms with Gasteiger partial charge in [0.05, 0.1) is 0 Å². The molecule has 2 aromatic rings. The molecule has 0 amide bonds. The van der Waals surface area contributed by atoms with Crippen LogP contribution >= 0.6 is 0 Å². The van der Waals surface area contributed by atoms with Crippen LogP contribution in [-0.2, 0) is 6.42 Å². The summed E-state index contributed by atoms with van der Waals surface area (Å²) in [6, 6.07) is 12.1. The number of pyridine rings is 1. The third kappa shape index (κ3) is 5.76. The number of carbonyl (C=O) groups is 1. The van der Waals surface area contributed by atoms with Crippen LogP contribution in [0, 0.1) is 23.7 Å². The van der Waals surface area contributed by atoms with Gasteiger partial charge in [-0.15, -0.1) is 0 Å². The molecule has 0 aliphatic heterocycles. The number of benzene rings is 1. The quantitative estimate of drug-likeness (QED) is 0.369. The van der Waals surface area contributed by atoms with Crippen molar-refractivity contribution in [2.24, 2.45) is 23.7 Å². The Morgan fingerprint density at radius 3 is 2.78 bits per heavy atom. The lowest BCUT2D eigenvalue weighted by Crippen LogP contribution is -2.21.